The Labute approximate surface area is 251 Å². The van der Waals surface area contributed by atoms with Crippen molar-refractivity contribution in [2.75, 3.05) is 19.6 Å². The van der Waals surface area contributed by atoms with E-state index in [1.165, 1.54) is 0 Å². The molecule has 10 heteroatoms. The zero-order chi connectivity index (χ0) is 29.9. The number of hydrogen-bond donors (Lipinski definition) is 2. The summed E-state index contributed by atoms with van der Waals surface area (Å²) in [5, 5.41) is 16.1. The maximum atomic E-state index is 14.1. The van der Waals surface area contributed by atoms with Gasteiger partial charge in [-0.15, -0.1) is 6.58 Å². The first-order chi connectivity index (χ1) is 20.9. The molecule has 2 N–H and O–H groups in total. The lowest BCUT2D eigenvalue weighted by molar-refractivity contribution is -0.189. The van der Waals surface area contributed by atoms with Gasteiger partial charge >= 0.3 is 6.03 Å². The number of carbonyl (C=O) groups excluding carboxylic acids is 3. The number of hydrazine groups is 1. The van der Waals surface area contributed by atoms with Crippen molar-refractivity contribution in [3.8, 4) is 5.75 Å². The molecule has 10 nitrogen and oxygen atoms in total. The van der Waals surface area contributed by atoms with Gasteiger partial charge in [0.25, 0.3) is 0 Å². The van der Waals surface area contributed by atoms with Crippen LogP contribution in [0.15, 0.2) is 85.5 Å². The number of hydrogen-bond acceptors (Lipinski definition) is 6. The number of nitrogens with zero attached hydrogens (tertiary/aromatic N) is 5. The molecule has 1 aliphatic carbocycles. The van der Waals surface area contributed by atoms with E-state index in [1.54, 1.807) is 50.2 Å². The normalized spacial score (nSPS) is 20.6. The van der Waals surface area contributed by atoms with Crippen molar-refractivity contribution in [1.29, 1.82) is 0 Å². The topological polar surface area (TPSA) is 109 Å². The highest BCUT2D eigenvalue weighted by Crippen LogP contribution is 2.39. The number of rotatable bonds is 9. The van der Waals surface area contributed by atoms with Crippen LogP contribution < -0.4 is 5.32 Å². The number of piperazine rings is 1. The number of phenols is 1. The number of fused-ring (bicyclic) bond motifs is 1. The van der Waals surface area contributed by atoms with E-state index in [0.717, 1.165) is 35.4 Å². The van der Waals surface area contributed by atoms with Crippen molar-refractivity contribution < 1.29 is 19.5 Å². The fraction of sp³-hybridized carbons (Fsp3) is 0.333. The van der Waals surface area contributed by atoms with Gasteiger partial charge < -0.3 is 20.2 Å². The van der Waals surface area contributed by atoms with Crippen LogP contribution >= 0.6 is 0 Å². The molecule has 0 unspecified atom stereocenters. The minimum Gasteiger partial charge on any atom is -0.508 e. The third kappa shape index (κ3) is 6.24. The van der Waals surface area contributed by atoms with E-state index in [0.29, 0.717) is 12.5 Å². The summed E-state index contributed by atoms with van der Waals surface area (Å²) >= 11 is 0. The minimum atomic E-state index is -0.835. The van der Waals surface area contributed by atoms with E-state index in [-0.39, 0.29) is 56.2 Å². The number of urea groups is 1. The molecule has 0 bridgehead atoms. The van der Waals surface area contributed by atoms with Crippen LogP contribution in [0.5, 0.6) is 5.75 Å². The second-order valence-corrected chi connectivity index (χ2v) is 11.3. The van der Waals surface area contributed by atoms with Crippen LogP contribution in [0.1, 0.15) is 41.3 Å². The molecule has 1 saturated carbocycles. The molecule has 222 valence electrons. The lowest BCUT2D eigenvalue weighted by atomic mass is 9.98. The molecule has 2 saturated heterocycles. The van der Waals surface area contributed by atoms with Gasteiger partial charge in [0.2, 0.25) is 11.8 Å². The maximum Gasteiger partial charge on any atom is 0.334 e. The Kier molecular flexibility index (Phi) is 8.11. The van der Waals surface area contributed by atoms with Crippen molar-refractivity contribution in [3.05, 3.63) is 108 Å². The van der Waals surface area contributed by atoms with Crippen LogP contribution in [0, 0.1) is 0 Å². The molecule has 3 aromatic rings. The highest BCUT2D eigenvalue weighted by atomic mass is 16.3. The van der Waals surface area contributed by atoms with Crippen LogP contribution in [-0.2, 0) is 29.1 Å². The first-order valence-corrected chi connectivity index (χ1v) is 14.7. The lowest BCUT2D eigenvalue weighted by Gasteiger charge is -2.55. The van der Waals surface area contributed by atoms with E-state index in [4.69, 9.17) is 4.98 Å². The maximum absolute atomic E-state index is 14.1. The summed E-state index contributed by atoms with van der Waals surface area (Å²) in [6.07, 6.45) is 3.42. The third-order valence-electron chi connectivity index (χ3n) is 8.21. The fourth-order valence-corrected chi connectivity index (χ4v) is 5.94. The van der Waals surface area contributed by atoms with E-state index >= 15 is 0 Å². The molecule has 2 aromatic carbocycles. The van der Waals surface area contributed by atoms with Gasteiger partial charge in [-0.25, -0.2) is 14.8 Å². The van der Waals surface area contributed by atoms with Gasteiger partial charge in [0.15, 0.2) is 0 Å². The van der Waals surface area contributed by atoms with Crippen molar-refractivity contribution in [2.45, 2.75) is 50.5 Å². The van der Waals surface area contributed by atoms with E-state index in [2.05, 4.69) is 11.9 Å². The Morgan fingerprint density at radius 3 is 2.49 bits per heavy atom. The van der Waals surface area contributed by atoms with Crippen molar-refractivity contribution in [1.82, 2.24) is 30.1 Å². The number of amides is 4. The predicted octanol–water partition coefficient (Wildman–Crippen LogP) is 3.40. The molecular weight excluding hydrogens is 544 g/mol. The molecule has 1 aromatic heterocycles. The first kappa shape index (κ1) is 28.4. The highest BCUT2D eigenvalue weighted by Gasteiger charge is 2.51. The number of carbonyl (C=O) groups is 3. The number of nitrogens with one attached hydrogen (secondary N) is 1. The first-order valence-electron chi connectivity index (χ1n) is 14.7. The quantitative estimate of drug-likeness (QED) is 0.376. The second kappa shape index (κ2) is 12.3. The lowest BCUT2D eigenvalue weighted by Crippen LogP contribution is -2.76. The second-order valence-electron chi connectivity index (χ2n) is 11.3. The van der Waals surface area contributed by atoms with Crippen LogP contribution in [0.2, 0.25) is 0 Å². The van der Waals surface area contributed by atoms with Crippen LogP contribution in [0.3, 0.4) is 0 Å². The molecule has 0 radical (unpaired) electrons. The average Bonchev–Trinajstić information content (AvgIpc) is 3.86. The summed E-state index contributed by atoms with van der Waals surface area (Å²) in [5.74, 6) is 0.167. The van der Waals surface area contributed by atoms with Gasteiger partial charge in [-0.1, -0.05) is 54.6 Å². The van der Waals surface area contributed by atoms with Crippen LogP contribution in [-0.4, -0.2) is 79.6 Å². The fourth-order valence-electron chi connectivity index (χ4n) is 5.94. The van der Waals surface area contributed by atoms with Gasteiger partial charge in [0.05, 0.1) is 25.3 Å². The van der Waals surface area contributed by atoms with E-state index in [1.807, 2.05) is 48.5 Å². The van der Waals surface area contributed by atoms with Crippen molar-refractivity contribution in [2.24, 2.45) is 0 Å². The molecule has 6 rings (SSSR count). The molecule has 3 aliphatic rings. The standard InChI is InChI=1S/C33H36N6O4/c1-2-17-37-22-31(41)38-29(18-23-11-15-27(40)16-12-23)32(42)36(20-26-9-6-10-28(35-26)25-13-14-25)21-30(38)39(37)33(43)34-19-24-7-4-3-5-8-24/h2-12,15-16,25,29-30,40H,1,13-14,17-22H2,(H,34,43)/t29-,30-/m0/s1. The summed E-state index contributed by atoms with van der Waals surface area (Å²) in [6, 6.07) is 21.0. The molecule has 4 amide bonds. The average molecular weight is 581 g/mol. The van der Waals surface area contributed by atoms with E-state index < -0.39 is 12.2 Å². The Balaban J connectivity index is 1.33. The number of pyridine rings is 1. The summed E-state index contributed by atoms with van der Waals surface area (Å²) < 4.78 is 0. The molecule has 2 aliphatic heterocycles. The smallest absolute Gasteiger partial charge is 0.334 e. The molecule has 43 heavy (non-hydrogen) atoms. The highest BCUT2D eigenvalue weighted by molar-refractivity contribution is 5.91. The summed E-state index contributed by atoms with van der Waals surface area (Å²) in [7, 11) is 0. The van der Waals surface area contributed by atoms with Crippen molar-refractivity contribution in [3.63, 3.8) is 0 Å². The zero-order valence-corrected chi connectivity index (χ0v) is 24.0. The Bertz CT molecular complexity index is 1490. The molecule has 3 heterocycles. The number of aromatic nitrogens is 1. The monoisotopic (exact) mass is 580 g/mol. The van der Waals surface area contributed by atoms with Gasteiger partial charge in [0, 0.05) is 31.1 Å². The third-order valence-corrected chi connectivity index (χ3v) is 8.21. The molecule has 0 spiro atoms. The van der Waals surface area contributed by atoms with E-state index in [9.17, 15) is 19.5 Å². The van der Waals surface area contributed by atoms with Gasteiger partial charge in [-0.05, 0) is 48.2 Å². The minimum absolute atomic E-state index is 0.0639. The molecule has 3 fully saturated rings. The Morgan fingerprint density at radius 1 is 1.00 bits per heavy atom. The zero-order valence-electron chi connectivity index (χ0n) is 24.0. The predicted molar refractivity (Wildman–Crippen MR) is 160 cm³/mol. The number of phenolic OH excluding ortho intramolecular Hbond substituents is 1. The summed E-state index contributed by atoms with van der Waals surface area (Å²) in [5.41, 5.74) is 3.56. The summed E-state index contributed by atoms with van der Waals surface area (Å²) in [4.78, 5) is 49.8. The molecular formula is C33H36N6O4. The van der Waals surface area contributed by atoms with Crippen LogP contribution in [0.4, 0.5) is 4.79 Å². The molecule has 2 atom stereocenters. The largest absolute Gasteiger partial charge is 0.508 e. The number of aromatic hydroxyl groups is 1. The van der Waals surface area contributed by atoms with Crippen LogP contribution in [0.25, 0.3) is 0 Å². The van der Waals surface area contributed by atoms with Crippen molar-refractivity contribution >= 4 is 17.8 Å². The number of benzene rings is 2. The Hall–Kier alpha value is -4.70. The summed E-state index contributed by atoms with van der Waals surface area (Å²) in [6.45, 7) is 4.79. The van der Waals surface area contributed by atoms with Gasteiger partial charge in [-0.3, -0.25) is 14.6 Å². The van der Waals surface area contributed by atoms with Gasteiger partial charge in [0.1, 0.15) is 18.0 Å². The van der Waals surface area contributed by atoms with Gasteiger partial charge in [-0.2, -0.15) is 0 Å². The SMILES string of the molecule is C=CCN1CC(=O)N2[C@@H](Cc3ccc(O)cc3)C(=O)N(Cc3cccc(C4CC4)n3)C[C@@H]2N1C(=O)NCc1ccccc1. The Morgan fingerprint density at radius 2 is 1.77 bits per heavy atom.